The highest BCUT2D eigenvalue weighted by molar-refractivity contribution is 5.97. The smallest absolute Gasteiger partial charge is 0.244 e. The average Bonchev–Trinajstić information content (AvgIpc) is 2.47. The number of nitrogens with one attached hydrogen (secondary N) is 1. The molecule has 0 heterocycles. The number of hydrogen-bond acceptors (Lipinski definition) is 4. The zero-order chi connectivity index (χ0) is 17.3. The predicted octanol–water partition coefficient (Wildman–Crippen LogP) is 3.51. The van der Waals surface area contributed by atoms with Crippen molar-refractivity contribution in [3.63, 3.8) is 0 Å². The van der Waals surface area contributed by atoms with Gasteiger partial charge in [0.1, 0.15) is 0 Å². The first kappa shape index (κ1) is 22.9. The summed E-state index contributed by atoms with van der Waals surface area (Å²) in [6.45, 7) is 9.38. The Bertz CT molecular complexity index is 493. The second kappa shape index (κ2) is 11.4. The molecule has 138 valence electrons. The number of nitrogens with two attached hydrogens (primary N) is 1. The highest BCUT2D eigenvalue weighted by Crippen LogP contribution is 2.16. The molecule has 0 fully saturated rings. The summed E-state index contributed by atoms with van der Waals surface area (Å²) in [5, 5.41) is 2.88. The van der Waals surface area contributed by atoms with E-state index in [9.17, 15) is 4.79 Å². The van der Waals surface area contributed by atoms with E-state index in [0.717, 1.165) is 17.7 Å². The molecule has 1 rings (SSSR count). The summed E-state index contributed by atoms with van der Waals surface area (Å²) in [7, 11) is 0. The van der Waals surface area contributed by atoms with Gasteiger partial charge in [0.2, 0.25) is 5.91 Å². The highest BCUT2D eigenvalue weighted by atomic mass is 35.5. The third kappa shape index (κ3) is 8.64. The predicted molar refractivity (Wildman–Crippen MR) is 101 cm³/mol. The number of anilines is 1. The fraction of sp³-hybridized carbons (Fsp3) is 0.611. The van der Waals surface area contributed by atoms with E-state index in [2.05, 4.69) is 5.32 Å². The molecule has 0 radical (unpaired) electrons. The van der Waals surface area contributed by atoms with E-state index < -0.39 is 5.54 Å². The lowest BCUT2D eigenvalue weighted by Gasteiger charge is -2.23. The molecule has 5 nitrogen and oxygen atoms in total. The van der Waals surface area contributed by atoms with Gasteiger partial charge in [0.05, 0.1) is 31.5 Å². The Morgan fingerprint density at radius 2 is 2.04 bits per heavy atom. The molecule has 3 N–H and O–H groups in total. The summed E-state index contributed by atoms with van der Waals surface area (Å²) >= 11 is 0. The summed E-state index contributed by atoms with van der Waals surface area (Å²) < 4.78 is 11.0. The number of rotatable bonds is 10. The van der Waals surface area contributed by atoms with Gasteiger partial charge in [0, 0.05) is 5.69 Å². The molecular formula is C18H31ClN2O3. The molecule has 24 heavy (non-hydrogen) atoms. The number of carbonyl (C=O) groups excluding carboxylic acids is 1. The number of hydrogen-bond donors (Lipinski definition) is 2. The SMILES string of the molecule is CCCC(C)(N)C(=O)Nc1cccc(COCCOC(C)C)c1.Cl. The van der Waals surface area contributed by atoms with Gasteiger partial charge in [-0.05, 0) is 44.9 Å². The van der Waals surface area contributed by atoms with E-state index in [0.29, 0.717) is 26.2 Å². The van der Waals surface area contributed by atoms with Crippen molar-refractivity contribution in [3.8, 4) is 0 Å². The van der Waals surface area contributed by atoms with Crippen molar-refractivity contribution in [2.45, 2.75) is 58.8 Å². The van der Waals surface area contributed by atoms with E-state index in [4.69, 9.17) is 15.2 Å². The number of ether oxygens (including phenoxy) is 2. The van der Waals surface area contributed by atoms with Gasteiger partial charge in [0.15, 0.2) is 0 Å². The van der Waals surface area contributed by atoms with Gasteiger partial charge in [-0.1, -0.05) is 25.5 Å². The molecule has 0 aromatic heterocycles. The van der Waals surface area contributed by atoms with E-state index in [1.807, 2.05) is 45.0 Å². The molecular weight excluding hydrogens is 328 g/mol. The van der Waals surface area contributed by atoms with Crippen LogP contribution in [0.3, 0.4) is 0 Å². The van der Waals surface area contributed by atoms with Crippen LogP contribution in [0.25, 0.3) is 0 Å². The van der Waals surface area contributed by atoms with E-state index in [-0.39, 0.29) is 24.4 Å². The van der Waals surface area contributed by atoms with Crippen molar-refractivity contribution in [3.05, 3.63) is 29.8 Å². The van der Waals surface area contributed by atoms with Crippen molar-refractivity contribution < 1.29 is 14.3 Å². The molecule has 0 bridgehead atoms. The van der Waals surface area contributed by atoms with Gasteiger partial charge in [0.25, 0.3) is 0 Å². The van der Waals surface area contributed by atoms with Crippen LogP contribution in [-0.4, -0.2) is 30.8 Å². The van der Waals surface area contributed by atoms with Gasteiger partial charge in [-0.3, -0.25) is 4.79 Å². The van der Waals surface area contributed by atoms with Gasteiger partial charge in [-0.15, -0.1) is 12.4 Å². The topological polar surface area (TPSA) is 73.6 Å². The van der Waals surface area contributed by atoms with Crippen LogP contribution < -0.4 is 11.1 Å². The van der Waals surface area contributed by atoms with Crippen LogP contribution in [-0.2, 0) is 20.9 Å². The molecule has 0 saturated carbocycles. The van der Waals surface area contributed by atoms with E-state index in [1.165, 1.54) is 0 Å². The lowest BCUT2D eigenvalue weighted by Crippen LogP contribution is -2.48. The largest absolute Gasteiger partial charge is 0.376 e. The summed E-state index contributed by atoms with van der Waals surface area (Å²) in [6, 6.07) is 7.62. The van der Waals surface area contributed by atoms with Crippen molar-refractivity contribution in [2.24, 2.45) is 5.73 Å². The minimum atomic E-state index is -0.852. The van der Waals surface area contributed by atoms with E-state index >= 15 is 0 Å². The molecule has 0 spiro atoms. The van der Waals surface area contributed by atoms with Crippen LogP contribution in [0.4, 0.5) is 5.69 Å². The monoisotopic (exact) mass is 358 g/mol. The Hall–Kier alpha value is -1.14. The molecule has 0 saturated heterocycles. The zero-order valence-electron chi connectivity index (χ0n) is 15.1. The third-order valence-corrected chi connectivity index (χ3v) is 3.42. The summed E-state index contributed by atoms with van der Waals surface area (Å²) in [5.41, 5.74) is 6.93. The maximum absolute atomic E-state index is 12.2. The summed E-state index contributed by atoms with van der Waals surface area (Å²) in [4.78, 5) is 12.2. The highest BCUT2D eigenvalue weighted by Gasteiger charge is 2.27. The number of carbonyl (C=O) groups is 1. The van der Waals surface area contributed by atoms with Crippen LogP contribution in [0.15, 0.2) is 24.3 Å². The molecule has 1 atom stereocenters. The van der Waals surface area contributed by atoms with E-state index in [1.54, 1.807) is 6.92 Å². The van der Waals surface area contributed by atoms with Crippen LogP contribution >= 0.6 is 12.4 Å². The van der Waals surface area contributed by atoms with Crippen LogP contribution in [0, 0.1) is 0 Å². The van der Waals surface area contributed by atoms with Gasteiger partial charge >= 0.3 is 0 Å². The lowest BCUT2D eigenvalue weighted by atomic mass is 9.96. The maximum Gasteiger partial charge on any atom is 0.244 e. The number of amides is 1. The molecule has 6 heteroatoms. The fourth-order valence-corrected chi connectivity index (χ4v) is 2.18. The summed E-state index contributed by atoms with van der Waals surface area (Å²) in [6.07, 6.45) is 1.73. The van der Waals surface area contributed by atoms with Crippen LogP contribution in [0.1, 0.15) is 46.1 Å². The molecule has 1 amide bonds. The Labute approximate surface area is 151 Å². The average molecular weight is 359 g/mol. The first-order valence-corrected chi connectivity index (χ1v) is 8.23. The summed E-state index contributed by atoms with van der Waals surface area (Å²) in [5.74, 6) is -0.164. The first-order valence-electron chi connectivity index (χ1n) is 8.23. The Kier molecular flexibility index (Phi) is 10.9. The minimum absolute atomic E-state index is 0. The Balaban J connectivity index is 0.00000529. The normalized spacial score (nSPS) is 13.2. The number of halogens is 1. The van der Waals surface area contributed by atoms with Crippen LogP contribution in [0.2, 0.25) is 0 Å². The Morgan fingerprint density at radius 1 is 1.33 bits per heavy atom. The second-order valence-corrected chi connectivity index (χ2v) is 6.29. The molecule has 1 aromatic carbocycles. The Morgan fingerprint density at radius 3 is 2.67 bits per heavy atom. The van der Waals surface area contributed by atoms with Gasteiger partial charge in [-0.25, -0.2) is 0 Å². The van der Waals surface area contributed by atoms with Crippen molar-refractivity contribution in [1.82, 2.24) is 0 Å². The standard InChI is InChI=1S/C18H30N2O3.ClH/c1-5-9-18(4,19)17(21)20-16-8-6-7-15(12-16)13-22-10-11-23-14(2)3;/h6-8,12,14H,5,9-11,13,19H2,1-4H3,(H,20,21);1H. The third-order valence-electron chi connectivity index (χ3n) is 3.42. The second-order valence-electron chi connectivity index (χ2n) is 6.29. The van der Waals surface area contributed by atoms with Gasteiger partial charge in [-0.2, -0.15) is 0 Å². The van der Waals surface area contributed by atoms with Crippen molar-refractivity contribution >= 4 is 24.0 Å². The zero-order valence-corrected chi connectivity index (χ0v) is 15.9. The lowest BCUT2D eigenvalue weighted by molar-refractivity contribution is -0.120. The van der Waals surface area contributed by atoms with Crippen molar-refractivity contribution in [1.29, 1.82) is 0 Å². The first-order chi connectivity index (χ1) is 10.8. The molecule has 0 aliphatic rings. The molecule has 1 aromatic rings. The minimum Gasteiger partial charge on any atom is -0.376 e. The van der Waals surface area contributed by atoms with Crippen molar-refractivity contribution in [2.75, 3.05) is 18.5 Å². The number of benzene rings is 1. The van der Waals surface area contributed by atoms with Gasteiger partial charge < -0.3 is 20.5 Å². The molecule has 0 aliphatic carbocycles. The molecule has 0 aliphatic heterocycles. The maximum atomic E-state index is 12.2. The fourth-order valence-electron chi connectivity index (χ4n) is 2.18. The van der Waals surface area contributed by atoms with Crippen LogP contribution in [0.5, 0.6) is 0 Å². The molecule has 1 unspecified atom stereocenters. The quantitative estimate of drug-likeness (QED) is 0.628.